The van der Waals surface area contributed by atoms with E-state index in [-0.39, 0.29) is 43.2 Å². The van der Waals surface area contributed by atoms with Crippen LogP contribution in [0.2, 0.25) is 0 Å². The summed E-state index contributed by atoms with van der Waals surface area (Å²) in [5.41, 5.74) is 2.37. The Bertz CT molecular complexity index is 1060. The summed E-state index contributed by atoms with van der Waals surface area (Å²) >= 11 is 0. The van der Waals surface area contributed by atoms with Crippen LogP contribution in [0.4, 0.5) is 11.4 Å². The summed E-state index contributed by atoms with van der Waals surface area (Å²) < 4.78 is 5.19. The molecular formula is C27H34N4O5. The second kappa shape index (κ2) is 13.3. The lowest BCUT2D eigenvalue weighted by molar-refractivity contribution is -0.152. The molecule has 1 fully saturated rings. The molecular weight excluding hydrogens is 460 g/mol. The standard InChI is InChI=1S/C27H34N4O5/c1-19(2)18-36-26(34)16-23-27(35)28-13-14-31(23)25(33)17-29-21-9-6-10-22(15-21)30-24(32)12-11-20-7-4-3-5-8-20/h3-10,15,19,23,29H,11-14,16-18H2,1-2H3,(H,28,35)(H,30,32). The Morgan fingerprint density at radius 3 is 2.58 bits per heavy atom. The largest absolute Gasteiger partial charge is 0.465 e. The third kappa shape index (κ3) is 8.41. The van der Waals surface area contributed by atoms with Crippen LogP contribution < -0.4 is 16.0 Å². The Hall–Kier alpha value is -3.88. The molecule has 0 bridgehead atoms. The fourth-order valence-electron chi connectivity index (χ4n) is 3.80. The molecule has 0 aliphatic carbocycles. The van der Waals surface area contributed by atoms with Gasteiger partial charge in [0.15, 0.2) is 0 Å². The van der Waals surface area contributed by atoms with E-state index in [1.54, 1.807) is 24.3 Å². The first-order chi connectivity index (χ1) is 17.3. The van der Waals surface area contributed by atoms with E-state index in [4.69, 9.17) is 4.74 Å². The molecule has 36 heavy (non-hydrogen) atoms. The molecule has 0 saturated carbocycles. The lowest BCUT2D eigenvalue weighted by atomic mass is 10.1. The predicted molar refractivity (Wildman–Crippen MR) is 137 cm³/mol. The summed E-state index contributed by atoms with van der Waals surface area (Å²) in [7, 11) is 0. The van der Waals surface area contributed by atoms with Gasteiger partial charge >= 0.3 is 5.97 Å². The van der Waals surface area contributed by atoms with E-state index in [9.17, 15) is 19.2 Å². The van der Waals surface area contributed by atoms with E-state index in [0.29, 0.717) is 37.3 Å². The highest BCUT2D eigenvalue weighted by Crippen LogP contribution is 2.17. The van der Waals surface area contributed by atoms with Crippen molar-refractivity contribution in [1.82, 2.24) is 10.2 Å². The van der Waals surface area contributed by atoms with E-state index in [2.05, 4.69) is 16.0 Å². The Balaban J connectivity index is 1.52. The lowest BCUT2D eigenvalue weighted by Crippen LogP contribution is -2.58. The summed E-state index contributed by atoms with van der Waals surface area (Å²) in [6.45, 7) is 4.69. The van der Waals surface area contributed by atoms with E-state index in [0.717, 1.165) is 5.56 Å². The molecule has 3 rings (SSSR count). The number of nitrogens with zero attached hydrogens (tertiary/aromatic N) is 1. The summed E-state index contributed by atoms with van der Waals surface area (Å²) in [6.07, 6.45) is 0.821. The van der Waals surface area contributed by atoms with Gasteiger partial charge in [-0.2, -0.15) is 0 Å². The van der Waals surface area contributed by atoms with Crippen LogP contribution in [0.1, 0.15) is 32.3 Å². The minimum absolute atomic E-state index is 0.0593. The molecule has 0 spiro atoms. The Kier molecular flexibility index (Phi) is 9.85. The molecule has 2 aromatic carbocycles. The molecule has 192 valence electrons. The van der Waals surface area contributed by atoms with Gasteiger partial charge in [0.1, 0.15) is 6.04 Å². The molecule has 1 aliphatic rings. The number of hydrogen-bond donors (Lipinski definition) is 3. The van der Waals surface area contributed by atoms with Crippen LogP contribution in [0.3, 0.4) is 0 Å². The molecule has 9 nitrogen and oxygen atoms in total. The fraction of sp³-hybridized carbons (Fsp3) is 0.407. The highest BCUT2D eigenvalue weighted by Gasteiger charge is 2.35. The van der Waals surface area contributed by atoms with E-state index in [1.807, 2.05) is 44.2 Å². The van der Waals surface area contributed by atoms with Crippen molar-refractivity contribution in [2.24, 2.45) is 5.92 Å². The van der Waals surface area contributed by atoms with E-state index < -0.39 is 12.0 Å². The summed E-state index contributed by atoms with van der Waals surface area (Å²) in [6, 6.07) is 16.0. The van der Waals surface area contributed by atoms with Crippen LogP contribution in [0.15, 0.2) is 54.6 Å². The first kappa shape index (κ1) is 26.7. The number of aryl methyl sites for hydroxylation is 1. The molecule has 2 aromatic rings. The number of esters is 1. The number of ether oxygens (including phenoxy) is 1. The number of amides is 3. The zero-order valence-corrected chi connectivity index (χ0v) is 20.8. The fourth-order valence-corrected chi connectivity index (χ4v) is 3.80. The average Bonchev–Trinajstić information content (AvgIpc) is 2.87. The van der Waals surface area contributed by atoms with Crippen molar-refractivity contribution in [2.75, 3.05) is 36.9 Å². The predicted octanol–water partition coefficient (Wildman–Crippen LogP) is 2.59. The van der Waals surface area contributed by atoms with Crippen molar-refractivity contribution >= 4 is 35.1 Å². The van der Waals surface area contributed by atoms with Crippen molar-refractivity contribution < 1.29 is 23.9 Å². The van der Waals surface area contributed by atoms with Gasteiger partial charge < -0.3 is 25.6 Å². The molecule has 1 heterocycles. The van der Waals surface area contributed by atoms with Gasteiger partial charge in [0.25, 0.3) is 0 Å². The molecule has 0 aromatic heterocycles. The molecule has 9 heteroatoms. The number of piperazine rings is 1. The van der Waals surface area contributed by atoms with Gasteiger partial charge in [-0.25, -0.2) is 0 Å². The zero-order valence-electron chi connectivity index (χ0n) is 20.8. The van der Waals surface area contributed by atoms with Gasteiger partial charge in [-0.3, -0.25) is 19.2 Å². The van der Waals surface area contributed by atoms with Crippen molar-refractivity contribution in [3.8, 4) is 0 Å². The average molecular weight is 495 g/mol. The molecule has 1 atom stereocenters. The summed E-state index contributed by atoms with van der Waals surface area (Å²) in [5, 5.41) is 8.64. The Morgan fingerprint density at radius 2 is 1.83 bits per heavy atom. The summed E-state index contributed by atoms with van der Waals surface area (Å²) in [4.78, 5) is 51.2. The molecule has 1 unspecified atom stereocenters. The van der Waals surface area contributed by atoms with Gasteiger partial charge in [-0.05, 0) is 36.1 Å². The molecule has 1 aliphatic heterocycles. The van der Waals surface area contributed by atoms with Crippen molar-refractivity contribution in [1.29, 1.82) is 0 Å². The second-order valence-corrected chi connectivity index (χ2v) is 9.14. The molecule has 3 amide bonds. The lowest BCUT2D eigenvalue weighted by Gasteiger charge is -2.34. The maximum absolute atomic E-state index is 12.9. The first-order valence-electron chi connectivity index (χ1n) is 12.2. The molecule has 0 radical (unpaired) electrons. The third-order valence-electron chi connectivity index (χ3n) is 5.66. The number of nitrogens with one attached hydrogen (secondary N) is 3. The molecule has 1 saturated heterocycles. The minimum Gasteiger partial charge on any atom is -0.465 e. The number of hydrogen-bond acceptors (Lipinski definition) is 6. The smallest absolute Gasteiger partial charge is 0.308 e. The summed E-state index contributed by atoms with van der Waals surface area (Å²) in [5.74, 6) is -1.09. The maximum atomic E-state index is 12.9. The first-order valence-corrected chi connectivity index (χ1v) is 12.2. The molecule has 3 N–H and O–H groups in total. The number of carbonyl (C=O) groups excluding carboxylic acids is 4. The Morgan fingerprint density at radius 1 is 1.08 bits per heavy atom. The van der Waals surface area contributed by atoms with Crippen molar-refractivity contribution in [2.45, 2.75) is 39.2 Å². The number of anilines is 2. The number of benzene rings is 2. The number of rotatable bonds is 11. The van der Waals surface area contributed by atoms with Gasteiger partial charge in [-0.15, -0.1) is 0 Å². The number of carbonyl (C=O) groups is 4. The highest BCUT2D eigenvalue weighted by molar-refractivity contribution is 5.93. The van der Waals surface area contributed by atoms with Crippen LogP contribution in [0.5, 0.6) is 0 Å². The van der Waals surface area contributed by atoms with Crippen LogP contribution in [0.25, 0.3) is 0 Å². The normalized spacial score (nSPS) is 15.2. The highest BCUT2D eigenvalue weighted by atomic mass is 16.5. The zero-order chi connectivity index (χ0) is 25.9. The monoisotopic (exact) mass is 494 g/mol. The maximum Gasteiger partial charge on any atom is 0.308 e. The van der Waals surface area contributed by atoms with Crippen molar-refractivity contribution in [3.63, 3.8) is 0 Å². The van der Waals surface area contributed by atoms with Crippen molar-refractivity contribution in [3.05, 3.63) is 60.2 Å². The minimum atomic E-state index is -0.900. The van der Waals surface area contributed by atoms with Crippen LogP contribution in [0, 0.1) is 5.92 Å². The van der Waals surface area contributed by atoms with E-state index in [1.165, 1.54) is 4.90 Å². The van der Waals surface area contributed by atoms with Gasteiger partial charge in [0.05, 0.1) is 19.6 Å². The second-order valence-electron chi connectivity index (χ2n) is 9.14. The van der Waals surface area contributed by atoms with Crippen LogP contribution in [-0.2, 0) is 30.3 Å². The van der Waals surface area contributed by atoms with Gasteiger partial charge in [0.2, 0.25) is 17.7 Å². The topological polar surface area (TPSA) is 117 Å². The van der Waals surface area contributed by atoms with Crippen LogP contribution >= 0.6 is 0 Å². The van der Waals surface area contributed by atoms with E-state index >= 15 is 0 Å². The third-order valence-corrected chi connectivity index (χ3v) is 5.66. The van der Waals surface area contributed by atoms with Crippen LogP contribution in [-0.4, -0.2) is 60.9 Å². The SMILES string of the molecule is CC(C)COC(=O)CC1C(=O)NCCN1C(=O)CNc1cccc(NC(=O)CCc2ccccc2)c1. The quantitative estimate of drug-likeness (QED) is 0.414. The Labute approximate surface area is 211 Å². The van der Waals surface area contributed by atoms with Gasteiger partial charge in [0, 0.05) is 30.9 Å². The van der Waals surface area contributed by atoms with Gasteiger partial charge in [-0.1, -0.05) is 50.2 Å².